The molecule has 1 atom stereocenters. The number of fused-ring (bicyclic) bond motifs is 2. The maximum atomic E-state index is 13.8. The van der Waals surface area contributed by atoms with Gasteiger partial charge in [0.1, 0.15) is 18.2 Å². The summed E-state index contributed by atoms with van der Waals surface area (Å²) in [4.78, 5) is 37.7. The largest absolute Gasteiger partial charge is 0.451 e. The Balaban J connectivity index is 1.57. The van der Waals surface area contributed by atoms with Crippen molar-refractivity contribution in [3.63, 3.8) is 0 Å². The summed E-state index contributed by atoms with van der Waals surface area (Å²) in [5.41, 5.74) is 0.740. The molecule has 0 saturated carbocycles. The minimum Gasteiger partial charge on any atom is -0.451 e. The molecule has 1 aromatic heterocycles. The van der Waals surface area contributed by atoms with Crippen LogP contribution in [0.15, 0.2) is 71.5 Å². The molecule has 0 radical (unpaired) electrons. The lowest BCUT2D eigenvalue weighted by Crippen LogP contribution is -2.31. The van der Waals surface area contributed by atoms with Gasteiger partial charge in [0.05, 0.1) is 16.7 Å². The third-order valence-electron chi connectivity index (χ3n) is 5.03. The van der Waals surface area contributed by atoms with Gasteiger partial charge in [-0.05, 0) is 43.3 Å². The maximum absolute atomic E-state index is 13.8. The molecule has 8 heteroatoms. The Hall–Kier alpha value is -4.07. The van der Waals surface area contributed by atoms with Crippen LogP contribution in [0.25, 0.3) is 21.8 Å². The van der Waals surface area contributed by atoms with Gasteiger partial charge >= 0.3 is 5.97 Å². The Morgan fingerprint density at radius 3 is 2.16 bits per heavy atom. The van der Waals surface area contributed by atoms with Crippen LogP contribution < -0.4 is 10.7 Å². The second-order valence-corrected chi connectivity index (χ2v) is 7.20. The van der Waals surface area contributed by atoms with Crippen LogP contribution in [0.2, 0.25) is 0 Å². The summed E-state index contributed by atoms with van der Waals surface area (Å²) < 4.78 is 33.7. The van der Waals surface area contributed by atoms with Gasteiger partial charge in [-0.15, -0.1) is 0 Å². The zero-order chi connectivity index (χ0) is 22.8. The molecule has 0 bridgehead atoms. The van der Waals surface area contributed by atoms with E-state index in [1.807, 2.05) is 0 Å². The predicted molar refractivity (Wildman–Crippen MR) is 116 cm³/mol. The van der Waals surface area contributed by atoms with Crippen molar-refractivity contribution in [2.24, 2.45) is 0 Å². The number of nitrogens with one attached hydrogen (secondary N) is 1. The van der Waals surface area contributed by atoms with Gasteiger partial charge in [0, 0.05) is 16.8 Å². The molecule has 0 unspecified atom stereocenters. The summed E-state index contributed by atoms with van der Waals surface area (Å²) in [6.07, 6.45) is -1.23. The Kier molecular flexibility index (Phi) is 5.68. The van der Waals surface area contributed by atoms with Crippen molar-refractivity contribution in [1.29, 1.82) is 0 Å². The number of carbonyl (C=O) groups excluding carboxylic acids is 2. The van der Waals surface area contributed by atoms with Crippen LogP contribution in [0.4, 0.5) is 14.5 Å². The number of benzene rings is 3. The Morgan fingerprint density at radius 1 is 0.969 bits per heavy atom. The summed E-state index contributed by atoms with van der Waals surface area (Å²) >= 11 is 0. The molecule has 3 aromatic carbocycles. The number of hydrogen-bond donors (Lipinski definition) is 1. The maximum Gasteiger partial charge on any atom is 0.326 e. The first-order chi connectivity index (χ1) is 15.3. The first-order valence-corrected chi connectivity index (χ1v) is 9.81. The summed E-state index contributed by atoms with van der Waals surface area (Å²) in [6.45, 7) is 1.10. The van der Waals surface area contributed by atoms with Gasteiger partial charge in [0.15, 0.2) is 11.5 Å². The summed E-state index contributed by atoms with van der Waals surface area (Å²) in [6, 6.07) is 16.5. The van der Waals surface area contributed by atoms with Crippen LogP contribution >= 0.6 is 0 Å². The van der Waals surface area contributed by atoms with E-state index in [0.717, 1.165) is 12.1 Å². The SMILES string of the molecule is C[C@@H](OC(=O)Cn1c2ccccc2c(=O)c2ccccc21)C(=O)Nc1ccc(F)cc1F. The third-order valence-corrected chi connectivity index (χ3v) is 5.03. The van der Waals surface area contributed by atoms with Crippen molar-refractivity contribution in [2.75, 3.05) is 5.32 Å². The number of carbonyl (C=O) groups is 2. The Labute approximate surface area is 181 Å². The molecule has 4 rings (SSSR count). The topological polar surface area (TPSA) is 77.4 Å². The number of para-hydroxylation sites is 2. The van der Waals surface area contributed by atoms with E-state index in [1.54, 1.807) is 53.1 Å². The number of aromatic nitrogens is 1. The molecular formula is C24H18F2N2O4. The number of pyridine rings is 1. The number of rotatable bonds is 5. The van der Waals surface area contributed by atoms with Crippen molar-refractivity contribution in [2.45, 2.75) is 19.6 Å². The number of ether oxygens (including phenoxy) is 1. The molecule has 0 aliphatic heterocycles. The van der Waals surface area contributed by atoms with Crippen molar-refractivity contribution in [3.8, 4) is 0 Å². The van der Waals surface area contributed by atoms with Crippen LogP contribution in [-0.2, 0) is 20.9 Å². The quantitative estimate of drug-likeness (QED) is 0.379. The van der Waals surface area contributed by atoms with Gasteiger partial charge in [-0.2, -0.15) is 0 Å². The highest BCUT2D eigenvalue weighted by Gasteiger charge is 2.21. The van der Waals surface area contributed by atoms with Gasteiger partial charge < -0.3 is 14.6 Å². The van der Waals surface area contributed by atoms with E-state index in [-0.39, 0.29) is 17.7 Å². The van der Waals surface area contributed by atoms with Crippen molar-refractivity contribution in [1.82, 2.24) is 4.57 Å². The van der Waals surface area contributed by atoms with Gasteiger partial charge in [0.2, 0.25) is 0 Å². The number of amides is 1. The third kappa shape index (κ3) is 4.07. The Morgan fingerprint density at radius 2 is 1.56 bits per heavy atom. The molecule has 0 saturated heterocycles. The zero-order valence-electron chi connectivity index (χ0n) is 17.0. The first-order valence-electron chi connectivity index (χ1n) is 9.81. The smallest absolute Gasteiger partial charge is 0.326 e. The summed E-state index contributed by atoms with van der Waals surface area (Å²) in [5, 5.41) is 3.18. The monoisotopic (exact) mass is 436 g/mol. The highest BCUT2D eigenvalue weighted by Crippen LogP contribution is 2.20. The predicted octanol–water partition coefficient (Wildman–Crippen LogP) is 4.00. The van der Waals surface area contributed by atoms with Crippen LogP contribution in [0.5, 0.6) is 0 Å². The van der Waals surface area contributed by atoms with Crippen molar-refractivity contribution >= 4 is 39.4 Å². The second-order valence-electron chi connectivity index (χ2n) is 7.20. The molecule has 32 heavy (non-hydrogen) atoms. The minimum absolute atomic E-state index is 0.144. The first kappa shape index (κ1) is 21.2. The number of esters is 1. The van der Waals surface area contributed by atoms with Gasteiger partial charge in [-0.1, -0.05) is 24.3 Å². The second kappa shape index (κ2) is 8.58. The van der Waals surface area contributed by atoms with Crippen LogP contribution in [0.1, 0.15) is 6.92 Å². The highest BCUT2D eigenvalue weighted by molar-refractivity contribution is 5.96. The summed E-state index contributed by atoms with van der Waals surface area (Å²) in [7, 11) is 0. The number of anilines is 1. The number of nitrogens with zero attached hydrogens (tertiary/aromatic N) is 1. The van der Waals surface area contributed by atoms with E-state index in [9.17, 15) is 23.2 Å². The molecule has 0 spiro atoms. The Bertz CT molecular complexity index is 1350. The lowest BCUT2D eigenvalue weighted by atomic mass is 10.1. The molecule has 1 amide bonds. The molecule has 162 valence electrons. The van der Waals surface area contributed by atoms with Crippen LogP contribution in [0.3, 0.4) is 0 Å². The highest BCUT2D eigenvalue weighted by atomic mass is 19.1. The molecule has 0 aliphatic carbocycles. The van der Waals surface area contributed by atoms with E-state index < -0.39 is 29.6 Å². The fourth-order valence-electron chi connectivity index (χ4n) is 3.49. The van der Waals surface area contributed by atoms with Gasteiger partial charge in [-0.3, -0.25) is 14.4 Å². The van der Waals surface area contributed by atoms with Crippen molar-refractivity contribution in [3.05, 3.63) is 88.6 Å². The fraction of sp³-hybridized carbons (Fsp3) is 0.125. The van der Waals surface area contributed by atoms with E-state index in [0.29, 0.717) is 27.9 Å². The van der Waals surface area contributed by atoms with E-state index in [1.165, 1.54) is 6.92 Å². The average molecular weight is 436 g/mol. The molecule has 4 aromatic rings. The lowest BCUT2D eigenvalue weighted by molar-refractivity contribution is -0.153. The van der Waals surface area contributed by atoms with Crippen LogP contribution in [-0.4, -0.2) is 22.5 Å². The zero-order valence-corrected chi connectivity index (χ0v) is 17.0. The molecule has 1 heterocycles. The van der Waals surface area contributed by atoms with Gasteiger partial charge in [0.25, 0.3) is 5.91 Å². The van der Waals surface area contributed by atoms with E-state index >= 15 is 0 Å². The number of hydrogen-bond acceptors (Lipinski definition) is 4. The molecule has 1 N–H and O–H groups in total. The van der Waals surface area contributed by atoms with E-state index in [2.05, 4.69) is 5.32 Å². The average Bonchev–Trinajstić information content (AvgIpc) is 2.78. The lowest BCUT2D eigenvalue weighted by Gasteiger charge is -2.17. The molecule has 0 aliphatic rings. The number of halogens is 2. The normalized spacial score (nSPS) is 12.0. The minimum atomic E-state index is -1.23. The van der Waals surface area contributed by atoms with Gasteiger partial charge in [-0.25, -0.2) is 8.78 Å². The molecular weight excluding hydrogens is 418 g/mol. The standard InChI is InChI=1S/C24H18F2N2O4/c1-14(24(31)27-19-11-10-15(25)12-18(19)26)32-22(29)13-28-20-8-4-2-6-16(20)23(30)17-7-3-5-9-21(17)28/h2-12,14H,13H2,1H3,(H,27,31)/t14-/m1/s1. The van der Waals surface area contributed by atoms with Crippen molar-refractivity contribution < 1.29 is 23.1 Å². The summed E-state index contributed by atoms with van der Waals surface area (Å²) in [5.74, 6) is -3.20. The van der Waals surface area contributed by atoms with E-state index in [4.69, 9.17) is 4.74 Å². The molecule has 6 nitrogen and oxygen atoms in total. The van der Waals surface area contributed by atoms with Crippen LogP contribution in [0, 0.1) is 11.6 Å². The molecule has 0 fully saturated rings. The fourth-order valence-corrected chi connectivity index (χ4v) is 3.49.